The normalized spacial score (nSPS) is 11.1. The SMILES string of the molecule is NNc1sc(S(=O)(=O)Nc2ccccc2Cl)cc1[N+](=O)[O-]. The number of anilines is 2. The fourth-order valence-corrected chi connectivity index (χ4v) is 4.03. The summed E-state index contributed by atoms with van der Waals surface area (Å²) >= 11 is 6.52. The number of rotatable bonds is 5. The Hall–Kier alpha value is -1.88. The van der Waals surface area contributed by atoms with Crippen LogP contribution in [0.2, 0.25) is 5.02 Å². The van der Waals surface area contributed by atoms with Crippen LogP contribution >= 0.6 is 22.9 Å². The van der Waals surface area contributed by atoms with Crippen LogP contribution in [0.15, 0.2) is 34.5 Å². The third-order valence-electron chi connectivity index (χ3n) is 2.40. The Labute approximate surface area is 128 Å². The molecular weight excluding hydrogens is 340 g/mol. The molecule has 0 spiro atoms. The van der Waals surface area contributed by atoms with Gasteiger partial charge in [0.25, 0.3) is 10.0 Å². The summed E-state index contributed by atoms with van der Waals surface area (Å²) in [6.07, 6.45) is 0. The second-order valence-corrected chi connectivity index (χ2v) is 7.14. The Bertz CT molecular complexity index is 790. The Balaban J connectivity index is 2.41. The fourth-order valence-electron chi connectivity index (χ4n) is 1.47. The highest BCUT2D eigenvalue weighted by Gasteiger charge is 2.26. The summed E-state index contributed by atoms with van der Waals surface area (Å²) in [5.41, 5.74) is 1.87. The maximum Gasteiger partial charge on any atom is 0.306 e. The lowest BCUT2D eigenvalue weighted by Gasteiger charge is -2.07. The molecule has 0 unspecified atom stereocenters. The highest BCUT2D eigenvalue weighted by atomic mass is 35.5. The second-order valence-electron chi connectivity index (χ2n) is 3.77. The maximum atomic E-state index is 12.2. The first-order chi connectivity index (χ1) is 9.85. The van der Waals surface area contributed by atoms with Crippen LogP contribution in [0.1, 0.15) is 0 Å². The van der Waals surface area contributed by atoms with E-state index in [9.17, 15) is 18.5 Å². The number of nitro groups is 1. The lowest BCUT2D eigenvalue weighted by atomic mass is 10.3. The second kappa shape index (κ2) is 5.85. The number of hydrazine groups is 1. The average Bonchev–Trinajstić information content (AvgIpc) is 2.86. The van der Waals surface area contributed by atoms with Crippen LogP contribution in [-0.2, 0) is 10.0 Å². The van der Waals surface area contributed by atoms with Gasteiger partial charge < -0.3 is 5.43 Å². The number of nitrogens with one attached hydrogen (secondary N) is 2. The minimum Gasteiger partial charge on any atom is -0.310 e. The summed E-state index contributed by atoms with van der Waals surface area (Å²) in [5, 5.41) is 11.0. The first kappa shape index (κ1) is 15.5. The highest BCUT2D eigenvalue weighted by molar-refractivity contribution is 7.94. The molecule has 1 aromatic heterocycles. The molecule has 0 aliphatic carbocycles. The van der Waals surface area contributed by atoms with Crippen LogP contribution in [0.5, 0.6) is 0 Å². The summed E-state index contributed by atoms with van der Waals surface area (Å²) in [5.74, 6) is 5.14. The van der Waals surface area contributed by atoms with Gasteiger partial charge in [-0.3, -0.25) is 14.8 Å². The fraction of sp³-hybridized carbons (Fsp3) is 0. The zero-order valence-electron chi connectivity index (χ0n) is 10.2. The summed E-state index contributed by atoms with van der Waals surface area (Å²) in [6, 6.07) is 7.17. The van der Waals surface area contributed by atoms with Gasteiger partial charge >= 0.3 is 5.69 Å². The lowest BCUT2D eigenvalue weighted by molar-refractivity contribution is -0.383. The lowest BCUT2D eigenvalue weighted by Crippen LogP contribution is -2.11. The molecule has 0 aliphatic heterocycles. The number of nitrogen functional groups attached to an aromatic ring is 1. The van der Waals surface area contributed by atoms with E-state index in [0.717, 1.165) is 6.07 Å². The third kappa shape index (κ3) is 3.24. The van der Waals surface area contributed by atoms with Gasteiger partial charge in [0.15, 0.2) is 5.00 Å². The monoisotopic (exact) mass is 348 g/mol. The molecule has 4 N–H and O–H groups in total. The molecule has 21 heavy (non-hydrogen) atoms. The van der Waals surface area contributed by atoms with Crippen molar-refractivity contribution in [1.82, 2.24) is 0 Å². The van der Waals surface area contributed by atoms with E-state index in [-0.39, 0.29) is 19.9 Å². The zero-order valence-corrected chi connectivity index (χ0v) is 12.6. The Morgan fingerprint density at radius 2 is 2.00 bits per heavy atom. The van der Waals surface area contributed by atoms with Crippen LogP contribution < -0.4 is 16.0 Å². The molecule has 1 heterocycles. The van der Waals surface area contributed by atoms with Gasteiger partial charge in [-0.25, -0.2) is 14.3 Å². The predicted octanol–water partition coefficient (Wildman–Crippen LogP) is 2.40. The minimum atomic E-state index is -4.00. The molecule has 2 rings (SSSR count). The molecular formula is C10H9ClN4O4S2. The van der Waals surface area contributed by atoms with Crippen LogP contribution in [0.25, 0.3) is 0 Å². The smallest absolute Gasteiger partial charge is 0.306 e. The van der Waals surface area contributed by atoms with Crippen LogP contribution in [0, 0.1) is 10.1 Å². The molecule has 0 aliphatic rings. The number of nitrogens with two attached hydrogens (primary N) is 1. The minimum absolute atomic E-state index is 0.0560. The van der Waals surface area contributed by atoms with Crippen LogP contribution in [-0.4, -0.2) is 13.3 Å². The molecule has 0 amide bonds. The van der Waals surface area contributed by atoms with Gasteiger partial charge in [0.05, 0.1) is 15.6 Å². The summed E-state index contributed by atoms with van der Waals surface area (Å²) in [7, 11) is -4.00. The molecule has 0 atom stereocenters. The largest absolute Gasteiger partial charge is 0.310 e. The molecule has 0 fully saturated rings. The van der Waals surface area contributed by atoms with Crippen LogP contribution in [0.3, 0.4) is 0 Å². The molecule has 112 valence electrons. The highest BCUT2D eigenvalue weighted by Crippen LogP contribution is 2.37. The van der Waals surface area contributed by atoms with E-state index < -0.39 is 20.6 Å². The first-order valence-corrected chi connectivity index (χ1v) is 8.05. The zero-order chi connectivity index (χ0) is 15.6. The number of para-hydroxylation sites is 1. The summed E-state index contributed by atoms with van der Waals surface area (Å²) in [4.78, 5) is 10.1. The number of thiophene rings is 1. The topological polar surface area (TPSA) is 127 Å². The van der Waals surface area contributed by atoms with Gasteiger partial charge in [-0.1, -0.05) is 35.1 Å². The number of benzene rings is 1. The number of hydrogen-bond donors (Lipinski definition) is 3. The standard InChI is InChI=1S/C10H9ClN4O4S2/c11-6-3-1-2-4-7(6)14-21(18,19)9-5-8(15(16)17)10(13-12)20-9/h1-5,13-14H,12H2. The summed E-state index contributed by atoms with van der Waals surface area (Å²) < 4.78 is 26.4. The molecule has 8 nitrogen and oxygen atoms in total. The van der Waals surface area contributed by atoms with Crippen molar-refractivity contribution in [2.24, 2.45) is 5.84 Å². The Morgan fingerprint density at radius 3 is 2.52 bits per heavy atom. The van der Waals surface area contributed by atoms with Gasteiger partial charge in [-0.2, -0.15) is 0 Å². The Morgan fingerprint density at radius 1 is 1.33 bits per heavy atom. The van der Waals surface area contributed by atoms with E-state index in [1.807, 2.05) is 0 Å². The van der Waals surface area contributed by atoms with Crippen molar-refractivity contribution in [2.75, 3.05) is 10.1 Å². The quantitative estimate of drug-likeness (QED) is 0.432. The van der Waals surface area contributed by atoms with Gasteiger partial charge in [0.2, 0.25) is 0 Å². The van der Waals surface area contributed by atoms with Crippen molar-refractivity contribution < 1.29 is 13.3 Å². The van der Waals surface area contributed by atoms with Gasteiger partial charge in [-0.15, -0.1) is 0 Å². The first-order valence-electron chi connectivity index (χ1n) is 5.37. The van der Waals surface area contributed by atoms with E-state index >= 15 is 0 Å². The predicted molar refractivity (Wildman–Crippen MR) is 81.0 cm³/mol. The molecule has 0 radical (unpaired) electrons. The van der Waals surface area contributed by atoms with E-state index in [1.165, 1.54) is 12.1 Å². The van der Waals surface area contributed by atoms with Gasteiger partial charge in [0.1, 0.15) is 4.21 Å². The maximum absolute atomic E-state index is 12.2. The van der Waals surface area contributed by atoms with Crippen molar-refractivity contribution in [3.63, 3.8) is 0 Å². The molecule has 0 bridgehead atoms. The van der Waals surface area contributed by atoms with Crippen molar-refractivity contribution in [2.45, 2.75) is 4.21 Å². The third-order valence-corrected chi connectivity index (χ3v) is 5.62. The van der Waals surface area contributed by atoms with Crippen molar-refractivity contribution in [3.8, 4) is 0 Å². The summed E-state index contributed by atoms with van der Waals surface area (Å²) in [6.45, 7) is 0. The van der Waals surface area contributed by atoms with Gasteiger partial charge in [-0.05, 0) is 12.1 Å². The van der Waals surface area contributed by atoms with Crippen LogP contribution in [0.4, 0.5) is 16.4 Å². The average molecular weight is 349 g/mol. The molecule has 2 aromatic rings. The molecule has 0 saturated carbocycles. The molecule has 0 saturated heterocycles. The van der Waals surface area contributed by atoms with E-state index in [2.05, 4.69) is 10.1 Å². The van der Waals surface area contributed by atoms with E-state index in [0.29, 0.717) is 11.3 Å². The number of halogens is 1. The molecule has 11 heteroatoms. The van der Waals surface area contributed by atoms with E-state index in [4.69, 9.17) is 17.4 Å². The van der Waals surface area contributed by atoms with Gasteiger partial charge in [0, 0.05) is 6.07 Å². The number of nitrogens with zero attached hydrogens (tertiary/aromatic N) is 1. The Kier molecular flexibility index (Phi) is 4.32. The molecule has 1 aromatic carbocycles. The van der Waals surface area contributed by atoms with Crippen molar-refractivity contribution >= 4 is 49.3 Å². The number of sulfonamides is 1. The number of hydrogen-bond acceptors (Lipinski definition) is 7. The van der Waals surface area contributed by atoms with Crippen molar-refractivity contribution in [3.05, 3.63) is 45.5 Å². The van der Waals surface area contributed by atoms with E-state index in [1.54, 1.807) is 12.1 Å². The van der Waals surface area contributed by atoms with Crippen molar-refractivity contribution in [1.29, 1.82) is 0 Å².